The summed E-state index contributed by atoms with van der Waals surface area (Å²) in [6, 6.07) is 4.69. The van der Waals surface area contributed by atoms with E-state index in [2.05, 4.69) is 10.5 Å². The number of hydrogen-bond acceptors (Lipinski definition) is 4. The molecule has 0 saturated heterocycles. The lowest BCUT2D eigenvalue weighted by atomic mass is 9.89. The van der Waals surface area contributed by atoms with Crippen molar-refractivity contribution in [3.8, 4) is 0 Å². The Bertz CT molecular complexity index is 487. The van der Waals surface area contributed by atoms with Gasteiger partial charge in [0.15, 0.2) is 5.84 Å². The zero-order chi connectivity index (χ0) is 14.5. The second kappa shape index (κ2) is 6.67. The minimum atomic E-state index is -0.407. The Morgan fingerprint density at radius 2 is 2.30 bits per heavy atom. The molecule has 1 aliphatic rings. The van der Waals surface area contributed by atoms with Crippen molar-refractivity contribution in [3.05, 3.63) is 35.1 Å². The Kier molecular flexibility index (Phi) is 4.92. The molecule has 0 atom stereocenters. The molecule has 0 radical (unpaired) electrons. The summed E-state index contributed by atoms with van der Waals surface area (Å²) in [5.41, 5.74) is 6.79. The van der Waals surface area contributed by atoms with Gasteiger partial charge in [-0.25, -0.2) is 4.39 Å². The fourth-order valence-corrected chi connectivity index (χ4v) is 2.35. The van der Waals surface area contributed by atoms with Crippen LogP contribution in [0.2, 0.25) is 0 Å². The molecule has 0 aromatic heterocycles. The lowest BCUT2D eigenvalue weighted by molar-refractivity contribution is -0.0102. The number of oxime groups is 1. The number of halogens is 1. The van der Waals surface area contributed by atoms with Crippen molar-refractivity contribution >= 4 is 5.84 Å². The Balaban J connectivity index is 1.93. The smallest absolute Gasteiger partial charge is 0.170 e. The van der Waals surface area contributed by atoms with Gasteiger partial charge in [-0.2, -0.15) is 0 Å². The van der Waals surface area contributed by atoms with Crippen molar-refractivity contribution in [2.75, 3.05) is 6.61 Å². The molecule has 5 nitrogen and oxygen atoms in total. The molecule has 2 rings (SSSR count). The average Bonchev–Trinajstić information content (AvgIpc) is 2.41. The summed E-state index contributed by atoms with van der Waals surface area (Å²) < 4.78 is 18.7. The van der Waals surface area contributed by atoms with E-state index < -0.39 is 5.82 Å². The molecule has 1 fully saturated rings. The standard InChI is InChI=1S/C14H20FN3O2/c1-2-20-12-6-11(7-12)17-8-9-3-4-10(15)5-13(9)14(16)18-19/h3-5,11-12,17,19H,2,6-8H2,1H3,(H2,16,18). The van der Waals surface area contributed by atoms with Gasteiger partial charge < -0.3 is 21.0 Å². The van der Waals surface area contributed by atoms with Gasteiger partial charge >= 0.3 is 0 Å². The predicted octanol–water partition coefficient (Wildman–Crippen LogP) is 1.58. The molecule has 1 aliphatic carbocycles. The predicted molar refractivity (Wildman–Crippen MR) is 74.2 cm³/mol. The van der Waals surface area contributed by atoms with Crippen molar-refractivity contribution < 1.29 is 14.3 Å². The van der Waals surface area contributed by atoms with Crippen molar-refractivity contribution in [2.24, 2.45) is 10.9 Å². The molecule has 1 saturated carbocycles. The summed E-state index contributed by atoms with van der Waals surface area (Å²) >= 11 is 0. The van der Waals surface area contributed by atoms with Gasteiger partial charge in [0.2, 0.25) is 0 Å². The van der Waals surface area contributed by atoms with E-state index in [1.807, 2.05) is 6.92 Å². The second-order valence-electron chi connectivity index (χ2n) is 4.91. The Morgan fingerprint density at radius 1 is 1.55 bits per heavy atom. The van der Waals surface area contributed by atoms with Gasteiger partial charge in [0.1, 0.15) is 5.82 Å². The van der Waals surface area contributed by atoms with Crippen molar-refractivity contribution in [1.29, 1.82) is 0 Å². The van der Waals surface area contributed by atoms with E-state index in [1.165, 1.54) is 12.1 Å². The number of hydrogen-bond donors (Lipinski definition) is 3. The Labute approximate surface area is 117 Å². The largest absolute Gasteiger partial charge is 0.409 e. The topological polar surface area (TPSA) is 79.9 Å². The first-order valence-corrected chi connectivity index (χ1v) is 6.75. The molecule has 0 spiro atoms. The summed E-state index contributed by atoms with van der Waals surface area (Å²) in [5.74, 6) is -0.488. The van der Waals surface area contributed by atoms with Crippen LogP contribution >= 0.6 is 0 Å². The highest BCUT2D eigenvalue weighted by Gasteiger charge is 2.29. The minimum Gasteiger partial charge on any atom is -0.409 e. The zero-order valence-electron chi connectivity index (χ0n) is 11.5. The van der Waals surface area contributed by atoms with E-state index in [4.69, 9.17) is 15.7 Å². The number of nitrogens with two attached hydrogens (primary N) is 1. The first-order valence-electron chi connectivity index (χ1n) is 6.75. The summed E-state index contributed by atoms with van der Waals surface area (Å²) in [4.78, 5) is 0. The van der Waals surface area contributed by atoms with Gasteiger partial charge in [0, 0.05) is 24.8 Å². The number of nitrogens with zero attached hydrogens (tertiary/aromatic N) is 1. The van der Waals surface area contributed by atoms with Gasteiger partial charge in [-0.15, -0.1) is 0 Å². The van der Waals surface area contributed by atoms with E-state index in [0.717, 1.165) is 25.0 Å². The molecule has 0 amide bonds. The lowest BCUT2D eigenvalue weighted by Gasteiger charge is -2.35. The van der Waals surface area contributed by atoms with Crippen LogP contribution in [0.4, 0.5) is 4.39 Å². The van der Waals surface area contributed by atoms with Crippen LogP contribution in [-0.2, 0) is 11.3 Å². The highest BCUT2D eigenvalue weighted by atomic mass is 19.1. The van der Waals surface area contributed by atoms with E-state index >= 15 is 0 Å². The summed E-state index contributed by atoms with van der Waals surface area (Å²) in [6.07, 6.45) is 2.30. The van der Waals surface area contributed by atoms with Gasteiger partial charge in [0.25, 0.3) is 0 Å². The quantitative estimate of drug-likeness (QED) is 0.320. The van der Waals surface area contributed by atoms with Crippen LogP contribution in [0.1, 0.15) is 30.9 Å². The highest BCUT2D eigenvalue weighted by Crippen LogP contribution is 2.24. The third-order valence-corrected chi connectivity index (χ3v) is 3.53. The zero-order valence-corrected chi connectivity index (χ0v) is 11.5. The molecule has 1 aromatic rings. The van der Waals surface area contributed by atoms with Crippen LogP contribution < -0.4 is 11.1 Å². The number of amidine groups is 1. The van der Waals surface area contributed by atoms with Crippen LogP contribution in [0.5, 0.6) is 0 Å². The van der Waals surface area contributed by atoms with Gasteiger partial charge in [-0.1, -0.05) is 11.2 Å². The van der Waals surface area contributed by atoms with Crippen molar-refractivity contribution in [2.45, 2.75) is 38.5 Å². The summed E-state index contributed by atoms with van der Waals surface area (Å²) in [5, 5.41) is 15.0. The molecule has 0 bridgehead atoms. The van der Waals surface area contributed by atoms with Crippen molar-refractivity contribution in [1.82, 2.24) is 5.32 Å². The summed E-state index contributed by atoms with van der Waals surface area (Å²) in [7, 11) is 0. The van der Waals surface area contributed by atoms with Crippen LogP contribution in [-0.4, -0.2) is 29.8 Å². The van der Waals surface area contributed by atoms with E-state index in [0.29, 0.717) is 24.3 Å². The summed E-state index contributed by atoms with van der Waals surface area (Å²) in [6.45, 7) is 3.28. The molecule has 0 aliphatic heterocycles. The Hall–Kier alpha value is -1.66. The van der Waals surface area contributed by atoms with E-state index in [9.17, 15) is 4.39 Å². The molecule has 0 unspecified atom stereocenters. The maximum absolute atomic E-state index is 13.2. The molecule has 110 valence electrons. The Morgan fingerprint density at radius 3 is 2.95 bits per heavy atom. The third kappa shape index (κ3) is 3.46. The fraction of sp³-hybridized carbons (Fsp3) is 0.500. The van der Waals surface area contributed by atoms with Crippen LogP contribution in [0.25, 0.3) is 0 Å². The minimum absolute atomic E-state index is 0.0814. The first kappa shape index (κ1) is 14.7. The lowest BCUT2D eigenvalue weighted by Crippen LogP contribution is -2.45. The maximum Gasteiger partial charge on any atom is 0.170 e. The van der Waals surface area contributed by atoms with Gasteiger partial charge in [0.05, 0.1) is 6.10 Å². The number of ether oxygens (including phenoxy) is 1. The van der Waals surface area contributed by atoms with Gasteiger partial charge in [-0.05, 0) is 37.5 Å². The van der Waals surface area contributed by atoms with Gasteiger partial charge in [-0.3, -0.25) is 0 Å². The normalized spacial score (nSPS) is 22.6. The third-order valence-electron chi connectivity index (χ3n) is 3.53. The van der Waals surface area contributed by atoms with E-state index in [1.54, 1.807) is 6.07 Å². The van der Waals surface area contributed by atoms with Crippen LogP contribution in [0, 0.1) is 5.82 Å². The van der Waals surface area contributed by atoms with Crippen molar-refractivity contribution in [3.63, 3.8) is 0 Å². The molecule has 4 N–H and O–H groups in total. The monoisotopic (exact) mass is 281 g/mol. The number of nitrogens with one attached hydrogen (secondary N) is 1. The van der Waals surface area contributed by atoms with E-state index in [-0.39, 0.29) is 5.84 Å². The van der Waals surface area contributed by atoms with Crippen LogP contribution in [0.3, 0.4) is 0 Å². The molecule has 1 aromatic carbocycles. The average molecular weight is 281 g/mol. The molecular weight excluding hydrogens is 261 g/mol. The molecule has 20 heavy (non-hydrogen) atoms. The molecular formula is C14H20FN3O2. The number of rotatable bonds is 6. The first-order chi connectivity index (χ1) is 9.63. The molecule has 0 heterocycles. The highest BCUT2D eigenvalue weighted by molar-refractivity contribution is 5.98. The number of benzene rings is 1. The molecule has 6 heteroatoms. The maximum atomic E-state index is 13.2. The van der Waals surface area contributed by atoms with Crippen LogP contribution in [0.15, 0.2) is 23.4 Å². The SMILES string of the molecule is CCOC1CC(NCc2ccc(F)cc2/C(N)=N/O)C1. The fourth-order valence-electron chi connectivity index (χ4n) is 2.35. The second-order valence-corrected chi connectivity index (χ2v) is 4.91.